The Morgan fingerprint density at radius 1 is 1.21 bits per heavy atom. The fourth-order valence-corrected chi connectivity index (χ4v) is 3.00. The van der Waals surface area contributed by atoms with E-state index in [-0.39, 0.29) is 23.7 Å². The number of para-hydroxylation sites is 1. The Balaban J connectivity index is 1.75. The van der Waals surface area contributed by atoms with Crippen molar-refractivity contribution in [1.82, 2.24) is 4.90 Å². The average Bonchev–Trinajstić information content (AvgIpc) is 2.99. The minimum atomic E-state index is -0.476. The van der Waals surface area contributed by atoms with Crippen LogP contribution < -0.4 is 4.90 Å². The van der Waals surface area contributed by atoms with Crippen molar-refractivity contribution in [3.63, 3.8) is 0 Å². The van der Waals surface area contributed by atoms with Crippen LogP contribution in [0.1, 0.15) is 0 Å². The zero-order valence-corrected chi connectivity index (χ0v) is 10.5. The highest BCUT2D eigenvalue weighted by atomic mass is 16.3. The molecule has 2 saturated heterocycles. The third-order valence-corrected chi connectivity index (χ3v) is 4.00. The minimum absolute atomic E-state index is 0.0874. The van der Waals surface area contributed by atoms with Gasteiger partial charge in [0.15, 0.2) is 0 Å². The zero-order valence-electron chi connectivity index (χ0n) is 10.5. The van der Waals surface area contributed by atoms with Crippen LogP contribution in [0.4, 0.5) is 5.69 Å². The van der Waals surface area contributed by atoms with Crippen molar-refractivity contribution in [2.24, 2.45) is 11.8 Å². The number of rotatable bonds is 2. The number of carbonyl (C=O) groups is 2. The summed E-state index contributed by atoms with van der Waals surface area (Å²) in [5.41, 5.74) is 0.918. The third kappa shape index (κ3) is 2.00. The molecule has 0 bridgehead atoms. The van der Waals surface area contributed by atoms with Gasteiger partial charge in [-0.3, -0.25) is 9.59 Å². The number of aliphatic hydroxyl groups excluding tert-OH is 1. The molecule has 3 rings (SSSR count). The van der Waals surface area contributed by atoms with Gasteiger partial charge in [-0.1, -0.05) is 18.2 Å². The van der Waals surface area contributed by atoms with Crippen LogP contribution in [0.25, 0.3) is 0 Å². The van der Waals surface area contributed by atoms with Crippen LogP contribution in [0.2, 0.25) is 0 Å². The molecule has 0 unspecified atom stereocenters. The molecule has 2 heterocycles. The predicted octanol–water partition coefficient (Wildman–Crippen LogP) is 0.100. The van der Waals surface area contributed by atoms with Crippen molar-refractivity contribution in [3.05, 3.63) is 30.3 Å². The lowest BCUT2D eigenvalue weighted by Gasteiger charge is -2.21. The number of fused-ring (bicyclic) bond motifs is 1. The number of anilines is 1. The molecule has 0 aliphatic carbocycles. The van der Waals surface area contributed by atoms with Gasteiger partial charge in [0, 0.05) is 31.2 Å². The summed E-state index contributed by atoms with van der Waals surface area (Å²) >= 11 is 0. The van der Waals surface area contributed by atoms with Crippen molar-refractivity contribution in [2.45, 2.75) is 0 Å². The molecule has 5 nitrogen and oxygen atoms in total. The molecular formula is C14H16N2O3. The lowest BCUT2D eigenvalue weighted by Crippen LogP contribution is -2.36. The van der Waals surface area contributed by atoms with Crippen molar-refractivity contribution in [1.29, 1.82) is 0 Å². The Hall–Kier alpha value is -1.88. The normalized spacial score (nSPS) is 25.8. The Bertz CT molecular complexity index is 503. The quantitative estimate of drug-likeness (QED) is 0.820. The summed E-state index contributed by atoms with van der Waals surface area (Å²) in [6.45, 7) is 1.18. The van der Waals surface area contributed by atoms with Gasteiger partial charge < -0.3 is 14.9 Å². The van der Waals surface area contributed by atoms with Crippen LogP contribution in [-0.4, -0.2) is 48.1 Å². The van der Waals surface area contributed by atoms with Crippen molar-refractivity contribution >= 4 is 17.5 Å². The highest BCUT2D eigenvalue weighted by Gasteiger charge is 2.47. The highest BCUT2D eigenvalue weighted by Crippen LogP contribution is 2.34. The highest BCUT2D eigenvalue weighted by molar-refractivity contribution is 5.98. The fourth-order valence-electron chi connectivity index (χ4n) is 3.00. The molecule has 0 aromatic heterocycles. The van der Waals surface area contributed by atoms with Crippen LogP contribution >= 0.6 is 0 Å². The monoisotopic (exact) mass is 260 g/mol. The summed E-state index contributed by atoms with van der Waals surface area (Å²) in [4.78, 5) is 27.2. The summed E-state index contributed by atoms with van der Waals surface area (Å²) in [5, 5.41) is 8.87. The molecule has 2 atom stereocenters. The van der Waals surface area contributed by atoms with Gasteiger partial charge in [-0.2, -0.15) is 0 Å². The van der Waals surface area contributed by atoms with Gasteiger partial charge in [0.1, 0.15) is 6.61 Å². The van der Waals surface area contributed by atoms with Gasteiger partial charge in [0.25, 0.3) is 0 Å². The molecule has 1 aromatic rings. The number of likely N-dealkylation sites (tertiary alicyclic amines) is 1. The van der Waals surface area contributed by atoms with Gasteiger partial charge in [-0.05, 0) is 12.1 Å². The standard InChI is InChI=1S/C14H16N2O3/c17-9-13(18)15-6-10-7-16(14(19)12(10)8-15)11-4-2-1-3-5-11/h1-5,10,12,17H,6-9H2/t10-,12-/m1/s1. The molecule has 100 valence electrons. The van der Waals surface area contributed by atoms with Gasteiger partial charge in [0.05, 0.1) is 5.92 Å². The van der Waals surface area contributed by atoms with E-state index < -0.39 is 6.61 Å². The third-order valence-electron chi connectivity index (χ3n) is 4.00. The number of benzene rings is 1. The minimum Gasteiger partial charge on any atom is -0.387 e. The van der Waals surface area contributed by atoms with Crippen LogP contribution in [0.5, 0.6) is 0 Å². The van der Waals surface area contributed by atoms with Crippen LogP contribution in [0, 0.1) is 11.8 Å². The Morgan fingerprint density at radius 3 is 2.58 bits per heavy atom. The molecule has 1 N–H and O–H groups in total. The summed E-state index contributed by atoms with van der Waals surface area (Å²) in [5.74, 6) is -0.128. The van der Waals surface area contributed by atoms with Gasteiger partial charge >= 0.3 is 0 Å². The first-order valence-corrected chi connectivity index (χ1v) is 6.45. The molecule has 1 aromatic carbocycles. The van der Waals surface area contributed by atoms with Crippen molar-refractivity contribution in [3.8, 4) is 0 Å². The molecule has 5 heteroatoms. The second-order valence-corrected chi connectivity index (χ2v) is 5.11. The molecule has 0 spiro atoms. The van der Waals surface area contributed by atoms with Gasteiger partial charge in [0.2, 0.25) is 11.8 Å². The van der Waals surface area contributed by atoms with Crippen LogP contribution in [0.3, 0.4) is 0 Å². The van der Waals surface area contributed by atoms with E-state index in [4.69, 9.17) is 5.11 Å². The van der Waals surface area contributed by atoms with Crippen LogP contribution in [-0.2, 0) is 9.59 Å². The Labute approximate surface area is 111 Å². The summed E-state index contributed by atoms with van der Waals surface area (Å²) in [6.07, 6.45) is 0. The maximum absolute atomic E-state index is 12.4. The van der Waals surface area contributed by atoms with Crippen molar-refractivity contribution < 1.29 is 14.7 Å². The molecule has 2 amide bonds. The number of amides is 2. The van der Waals surface area contributed by atoms with Crippen LogP contribution in [0.15, 0.2) is 30.3 Å². The Kier molecular flexibility index (Phi) is 2.98. The first-order chi connectivity index (χ1) is 9.20. The largest absolute Gasteiger partial charge is 0.387 e. The van der Waals surface area contributed by atoms with E-state index in [1.165, 1.54) is 0 Å². The SMILES string of the molecule is O=C(CO)N1C[C@@H]2CN(c3ccccc3)C(=O)[C@@H]2C1. The maximum atomic E-state index is 12.4. The van der Waals surface area contributed by atoms with Gasteiger partial charge in [-0.25, -0.2) is 0 Å². The van der Waals surface area contributed by atoms with E-state index in [0.29, 0.717) is 19.6 Å². The van der Waals surface area contributed by atoms with E-state index in [2.05, 4.69) is 0 Å². The first-order valence-electron chi connectivity index (χ1n) is 6.45. The molecular weight excluding hydrogens is 244 g/mol. The number of aliphatic hydroxyl groups is 1. The van der Waals surface area contributed by atoms with E-state index in [1.807, 2.05) is 30.3 Å². The molecule has 19 heavy (non-hydrogen) atoms. The predicted molar refractivity (Wildman–Crippen MR) is 69.4 cm³/mol. The van der Waals surface area contributed by atoms with Gasteiger partial charge in [-0.15, -0.1) is 0 Å². The first kappa shape index (κ1) is 12.2. The molecule has 0 radical (unpaired) electrons. The summed E-state index contributed by atoms with van der Waals surface area (Å²) in [6, 6.07) is 9.61. The number of hydrogen-bond donors (Lipinski definition) is 1. The lowest BCUT2D eigenvalue weighted by molar-refractivity contribution is -0.133. The average molecular weight is 260 g/mol. The number of hydrogen-bond acceptors (Lipinski definition) is 3. The van der Waals surface area contributed by atoms with Crippen molar-refractivity contribution in [2.75, 3.05) is 31.1 Å². The summed E-state index contributed by atoms with van der Waals surface area (Å²) in [7, 11) is 0. The molecule has 2 aliphatic heterocycles. The molecule has 2 aliphatic rings. The maximum Gasteiger partial charge on any atom is 0.248 e. The number of nitrogens with zero attached hydrogens (tertiary/aromatic N) is 2. The Morgan fingerprint density at radius 2 is 1.95 bits per heavy atom. The topological polar surface area (TPSA) is 60.9 Å². The van der Waals surface area contributed by atoms with E-state index >= 15 is 0 Å². The molecule has 0 saturated carbocycles. The lowest BCUT2D eigenvalue weighted by atomic mass is 10.0. The smallest absolute Gasteiger partial charge is 0.248 e. The van der Waals surface area contributed by atoms with E-state index in [0.717, 1.165) is 5.69 Å². The summed E-state index contributed by atoms with van der Waals surface area (Å²) < 4.78 is 0. The molecule has 2 fully saturated rings. The van der Waals surface area contributed by atoms with E-state index in [9.17, 15) is 9.59 Å². The second kappa shape index (κ2) is 4.66. The number of carbonyl (C=O) groups excluding carboxylic acids is 2. The van der Waals surface area contributed by atoms with E-state index in [1.54, 1.807) is 9.80 Å². The zero-order chi connectivity index (χ0) is 13.4. The second-order valence-electron chi connectivity index (χ2n) is 5.11. The fraction of sp³-hybridized carbons (Fsp3) is 0.429.